The fourth-order valence-corrected chi connectivity index (χ4v) is 3.69. The molecule has 142 valence electrons. The Balaban J connectivity index is 1.58. The van der Waals surface area contributed by atoms with Gasteiger partial charge in [-0.2, -0.15) is 0 Å². The smallest absolute Gasteiger partial charge is 0.247 e. The number of hydrogen-bond acceptors (Lipinski definition) is 3. The minimum Gasteiger partial charge on any atom is -0.334 e. The van der Waals surface area contributed by atoms with Crippen molar-refractivity contribution in [2.75, 3.05) is 5.32 Å². The number of carbonyl (C=O) groups is 2. The van der Waals surface area contributed by atoms with Crippen molar-refractivity contribution in [3.63, 3.8) is 0 Å². The van der Waals surface area contributed by atoms with Gasteiger partial charge in [0.25, 0.3) is 0 Å². The Morgan fingerprint density at radius 3 is 2.61 bits per heavy atom. The average Bonchev–Trinajstić information content (AvgIpc) is 3.13. The van der Waals surface area contributed by atoms with Crippen molar-refractivity contribution >= 4 is 17.5 Å². The number of anilines is 1. The second-order valence-corrected chi connectivity index (χ2v) is 7.07. The number of amides is 2. The first-order valence-corrected chi connectivity index (χ1v) is 9.25. The fourth-order valence-electron chi connectivity index (χ4n) is 3.69. The van der Waals surface area contributed by atoms with Crippen molar-refractivity contribution in [2.24, 2.45) is 7.05 Å². The van der Waals surface area contributed by atoms with Gasteiger partial charge in [0.15, 0.2) is 0 Å². The Labute approximate surface area is 163 Å². The molecule has 1 aromatic heterocycles. The summed E-state index contributed by atoms with van der Waals surface area (Å²) in [5.41, 5.74) is 3.82. The number of hydrogen-bond donors (Lipinski definition) is 1. The zero-order valence-corrected chi connectivity index (χ0v) is 15.9. The third-order valence-corrected chi connectivity index (χ3v) is 5.17. The highest BCUT2D eigenvalue weighted by atomic mass is 16.2. The molecular weight excluding hydrogens is 352 g/mol. The Morgan fingerprint density at radius 1 is 1.11 bits per heavy atom. The predicted octanol–water partition coefficient (Wildman–Crippen LogP) is 3.00. The van der Waals surface area contributed by atoms with E-state index in [0.29, 0.717) is 18.7 Å². The fraction of sp³-hybridized carbons (Fsp3) is 0.227. The minimum atomic E-state index is -0.524. The normalized spacial score (nSPS) is 15.8. The third-order valence-electron chi connectivity index (χ3n) is 5.17. The number of aromatic nitrogens is 2. The van der Waals surface area contributed by atoms with Gasteiger partial charge < -0.3 is 14.8 Å². The van der Waals surface area contributed by atoms with Crippen LogP contribution in [-0.4, -0.2) is 32.3 Å². The molecule has 0 saturated heterocycles. The molecule has 0 radical (unpaired) electrons. The van der Waals surface area contributed by atoms with Crippen LogP contribution in [0.15, 0.2) is 60.9 Å². The molecule has 1 aliphatic rings. The number of carbonyl (C=O) groups excluding carboxylic acids is 2. The second kappa shape index (κ2) is 7.31. The van der Waals surface area contributed by atoms with Crippen LogP contribution in [0.1, 0.15) is 18.1 Å². The van der Waals surface area contributed by atoms with Gasteiger partial charge in [0.05, 0.1) is 0 Å². The molecule has 2 aromatic carbocycles. The van der Waals surface area contributed by atoms with Gasteiger partial charge in [-0.15, -0.1) is 0 Å². The lowest BCUT2D eigenvalue weighted by atomic mass is 9.93. The SMILES string of the molecule is CC(=O)N1Cc2ccccc2CC1C(=O)Nc1cccc(-c2nccn2C)c1. The molecule has 0 aliphatic carbocycles. The number of rotatable bonds is 3. The van der Waals surface area contributed by atoms with Gasteiger partial charge in [0, 0.05) is 50.6 Å². The highest BCUT2D eigenvalue weighted by Gasteiger charge is 2.33. The number of nitrogens with zero attached hydrogens (tertiary/aromatic N) is 3. The highest BCUT2D eigenvalue weighted by molar-refractivity contribution is 5.97. The van der Waals surface area contributed by atoms with Gasteiger partial charge in [0.1, 0.15) is 11.9 Å². The van der Waals surface area contributed by atoms with Crippen molar-refractivity contribution in [3.05, 3.63) is 72.1 Å². The molecule has 0 spiro atoms. The predicted molar refractivity (Wildman–Crippen MR) is 107 cm³/mol. The van der Waals surface area contributed by atoms with Crippen LogP contribution in [-0.2, 0) is 29.6 Å². The summed E-state index contributed by atoms with van der Waals surface area (Å²) in [5, 5.41) is 2.98. The van der Waals surface area contributed by atoms with Crippen LogP contribution in [0, 0.1) is 0 Å². The maximum Gasteiger partial charge on any atom is 0.247 e. The largest absolute Gasteiger partial charge is 0.334 e. The molecule has 2 heterocycles. The zero-order chi connectivity index (χ0) is 19.7. The number of benzene rings is 2. The summed E-state index contributed by atoms with van der Waals surface area (Å²) in [7, 11) is 1.93. The van der Waals surface area contributed by atoms with E-state index < -0.39 is 6.04 Å². The topological polar surface area (TPSA) is 67.2 Å². The van der Waals surface area contributed by atoms with Crippen molar-refractivity contribution in [2.45, 2.75) is 25.9 Å². The second-order valence-electron chi connectivity index (χ2n) is 7.07. The van der Waals surface area contributed by atoms with E-state index in [-0.39, 0.29) is 11.8 Å². The standard InChI is InChI=1S/C22H22N4O2/c1-15(27)26-14-18-7-4-3-6-16(18)13-20(26)22(28)24-19-9-5-8-17(12-19)21-23-10-11-25(21)2/h3-12,20H,13-14H2,1-2H3,(H,24,28). The maximum atomic E-state index is 13.0. The molecular formula is C22H22N4O2. The van der Waals surface area contributed by atoms with E-state index in [1.165, 1.54) is 6.92 Å². The molecule has 1 N–H and O–H groups in total. The Kier molecular flexibility index (Phi) is 4.69. The minimum absolute atomic E-state index is 0.101. The number of imidazole rings is 1. The molecule has 3 aromatic rings. The van der Waals surface area contributed by atoms with Crippen LogP contribution < -0.4 is 5.32 Å². The zero-order valence-electron chi connectivity index (χ0n) is 15.9. The molecule has 1 unspecified atom stereocenters. The molecule has 1 aliphatic heterocycles. The summed E-state index contributed by atoms with van der Waals surface area (Å²) < 4.78 is 1.93. The van der Waals surface area contributed by atoms with E-state index in [2.05, 4.69) is 10.3 Å². The molecule has 4 rings (SSSR count). The number of fused-ring (bicyclic) bond motifs is 1. The van der Waals surface area contributed by atoms with Crippen molar-refractivity contribution in [1.29, 1.82) is 0 Å². The molecule has 28 heavy (non-hydrogen) atoms. The van der Waals surface area contributed by atoms with E-state index in [4.69, 9.17) is 0 Å². The van der Waals surface area contributed by atoms with Crippen LogP contribution in [0.3, 0.4) is 0 Å². The lowest BCUT2D eigenvalue weighted by molar-refractivity contribution is -0.138. The molecule has 0 fully saturated rings. The Morgan fingerprint density at radius 2 is 1.89 bits per heavy atom. The van der Waals surface area contributed by atoms with E-state index in [0.717, 1.165) is 22.5 Å². The van der Waals surface area contributed by atoms with E-state index >= 15 is 0 Å². The summed E-state index contributed by atoms with van der Waals surface area (Å²) >= 11 is 0. The van der Waals surface area contributed by atoms with Gasteiger partial charge in [-0.05, 0) is 23.3 Å². The molecule has 0 saturated carbocycles. The summed E-state index contributed by atoms with van der Waals surface area (Å²) in [6.45, 7) is 1.97. The van der Waals surface area contributed by atoms with Crippen molar-refractivity contribution in [3.8, 4) is 11.4 Å². The van der Waals surface area contributed by atoms with Crippen LogP contribution in [0.25, 0.3) is 11.4 Å². The summed E-state index contributed by atoms with van der Waals surface area (Å²) in [6, 6.07) is 15.0. The van der Waals surface area contributed by atoms with Gasteiger partial charge in [0.2, 0.25) is 11.8 Å². The van der Waals surface area contributed by atoms with Crippen LogP contribution >= 0.6 is 0 Å². The van der Waals surface area contributed by atoms with Gasteiger partial charge >= 0.3 is 0 Å². The quantitative estimate of drug-likeness (QED) is 0.766. The van der Waals surface area contributed by atoms with E-state index in [1.54, 1.807) is 11.1 Å². The summed E-state index contributed by atoms with van der Waals surface area (Å²) in [5.74, 6) is 0.547. The molecule has 6 nitrogen and oxygen atoms in total. The number of nitrogens with one attached hydrogen (secondary N) is 1. The van der Waals surface area contributed by atoms with Crippen LogP contribution in [0.5, 0.6) is 0 Å². The third kappa shape index (κ3) is 3.41. The lowest BCUT2D eigenvalue weighted by Gasteiger charge is -2.35. The average molecular weight is 374 g/mol. The van der Waals surface area contributed by atoms with Crippen LogP contribution in [0.2, 0.25) is 0 Å². The van der Waals surface area contributed by atoms with Crippen LogP contribution in [0.4, 0.5) is 5.69 Å². The first-order chi connectivity index (χ1) is 13.5. The van der Waals surface area contributed by atoms with Crippen molar-refractivity contribution < 1.29 is 9.59 Å². The van der Waals surface area contributed by atoms with E-state index in [9.17, 15) is 9.59 Å². The highest BCUT2D eigenvalue weighted by Crippen LogP contribution is 2.25. The summed E-state index contributed by atoms with van der Waals surface area (Å²) in [6.07, 6.45) is 4.14. The van der Waals surface area contributed by atoms with Gasteiger partial charge in [-0.3, -0.25) is 9.59 Å². The Bertz CT molecular complexity index is 1040. The molecule has 2 amide bonds. The monoisotopic (exact) mass is 374 g/mol. The molecule has 0 bridgehead atoms. The first kappa shape index (κ1) is 18.0. The molecule has 6 heteroatoms. The lowest BCUT2D eigenvalue weighted by Crippen LogP contribution is -2.49. The maximum absolute atomic E-state index is 13.0. The molecule has 1 atom stereocenters. The summed E-state index contributed by atoms with van der Waals surface area (Å²) in [4.78, 5) is 31.2. The number of aryl methyl sites for hydroxylation is 1. The Hall–Kier alpha value is -3.41. The van der Waals surface area contributed by atoms with Crippen molar-refractivity contribution in [1.82, 2.24) is 14.5 Å². The van der Waals surface area contributed by atoms with Gasteiger partial charge in [-0.25, -0.2) is 4.98 Å². The van der Waals surface area contributed by atoms with Gasteiger partial charge in [-0.1, -0.05) is 36.4 Å². The first-order valence-electron chi connectivity index (χ1n) is 9.25. The van der Waals surface area contributed by atoms with E-state index in [1.807, 2.05) is 66.3 Å².